The van der Waals surface area contributed by atoms with Gasteiger partial charge >= 0.3 is 0 Å². The first-order valence-corrected chi connectivity index (χ1v) is 6.35. The number of benzene rings is 1. The standard InChI is InChI=1S/C12H14N4OS/c1-8(13)11(17)15-12-14-10(16-18-12)7-9-5-3-2-4-6-9/h2-6,8H,7,13H2,1H3,(H,14,15,16,17). The molecule has 0 aliphatic rings. The molecule has 2 rings (SSSR count). The van der Waals surface area contributed by atoms with E-state index in [0.717, 1.165) is 5.56 Å². The molecule has 0 fully saturated rings. The van der Waals surface area contributed by atoms with E-state index in [2.05, 4.69) is 14.7 Å². The molecule has 1 aromatic heterocycles. The van der Waals surface area contributed by atoms with Crippen molar-refractivity contribution in [3.8, 4) is 0 Å². The lowest BCUT2D eigenvalue weighted by Crippen LogP contribution is -2.32. The first-order chi connectivity index (χ1) is 8.65. The average molecular weight is 262 g/mol. The molecule has 1 aromatic carbocycles. The molecule has 94 valence electrons. The minimum absolute atomic E-state index is 0.252. The molecule has 0 spiro atoms. The Morgan fingerprint density at radius 2 is 2.17 bits per heavy atom. The second kappa shape index (κ2) is 5.70. The molecule has 1 unspecified atom stereocenters. The fourth-order valence-electron chi connectivity index (χ4n) is 1.37. The summed E-state index contributed by atoms with van der Waals surface area (Å²) in [5, 5.41) is 3.12. The van der Waals surface area contributed by atoms with Crippen molar-refractivity contribution < 1.29 is 4.79 Å². The highest BCUT2D eigenvalue weighted by molar-refractivity contribution is 7.09. The summed E-state index contributed by atoms with van der Waals surface area (Å²) >= 11 is 1.17. The number of nitrogens with zero attached hydrogens (tertiary/aromatic N) is 2. The van der Waals surface area contributed by atoms with Crippen molar-refractivity contribution in [3.63, 3.8) is 0 Å². The Kier molecular flexibility index (Phi) is 4.01. The van der Waals surface area contributed by atoms with E-state index in [-0.39, 0.29) is 5.91 Å². The molecule has 1 amide bonds. The molecule has 0 radical (unpaired) electrons. The lowest BCUT2D eigenvalue weighted by molar-refractivity contribution is -0.117. The van der Waals surface area contributed by atoms with Gasteiger partial charge in [0.15, 0.2) is 0 Å². The summed E-state index contributed by atoms with van der Waals surface area (Å²) in [6, 6.07) is 9.39. The molecule has 2 aromatic rings. The zero-order valence-electron chi connectivity index (χ0n) is 9.96. The summed E-state index contributed by atoms with van der Waals surface area (Å²) in [7, 11) is 0. The van der Waals surface area contributed by atoms with Crippen molar-refractivity contribution in [2.75, 3.05) is 5.32 Å². The van der Waals surface area contributed by atoms with Crippen LogP contribution in [0.2, 0.25) is 0 Å². The number of nitrogens with two attached hydrogens (primary N) is 1. The largest absolute Gasteiger partial charge is 0.320 e. The first-order valence-electron chi connectivity index (χ1n) is 5.58. The minimum atomic E-state index is -0.550. The van der Waals surface area contributed by atoms with Gasteiger partial charge in [0.1, 0.15) is 5.82 Å². The summed E-state index contributed by atoms with van der Waals surface area (Å²) in [5.74, 6) is 0.448. The molecule has 5 nitrogen and oxygen atoms in total. The lowest BCUT2D eigenvalue weighted by atomic mass is 10.1. The first kappa shape index (κ1) is 12.7. The van der Waals surface area contributed by atoms with Crippen LogP contribution in [0, 0.1) is 0 Å². The summed E-state index contributed by atoms with van der Waals surface area (Å²) in [6.07, 6.45) is 0.658. The second-order valence-electron chi connectivity index (χ2n) is 3.96. The van der Waals surface area contributed by atoms with E-state index in [1.807, 2.05) is 30.3 Å². The number of aromatic nitrogens is 2. The fourth-order valence-corrected chi connectivity index (χ4v) is 1.96. The number of hydrogen-bond acceptors (Lipinski definition) is 5. The van der Waals surface area contributed by atoms with Gasteiger partial charge in [-0.3, -0.25) is 10.1 Å². The predicted molar refractivity (Wildman–Crippen MR) is 71.4 cm³/mol. The fraction of sp³-hybridized carbons (Fsp3) is 0.250. The molecular weight excluding hydrogens is 248 g/mol. The molecular formula is C12H14N4OS. The third kappa shape index (κ3) is 3.35. The maximum Gasteiger partial charge on any atom is 0.242 e. The van der Waals surface area contributed by atoms with Crippen LogP contribution in [0.25, 0.3) is 0 Å². The molecule has 18 heavy (non-hydrogen) atoms. The van der Waals surface area contributed by atoms with Crippen LogP contribution in [0.4, 0.5) is 5.13 Å². The highest BCUT2D eigenvalue weighted by atomic mass is 32.1. The summed E-state index contributed by atoms with van der Waals surface area (Å²) in [6.45, 7) is 1.63. The Morgan fingerprint density at radius 3 is 2.83 bits per heavy atom. The lowest BCUT2D eigenvalue weighted by Gasteiger charge is -2.02. The van der Waals surface area contributed by atoms with E-state index in [0.29, 0.717) is 17.4 Å². The van der Waals surface area contributed by atoms with Crippen LogP contribution < -0.4 is 11.1 Å². The molecule has 0 aliphatic heterocycles. The maximum absolute atomic E-state index is 11.4. The number of amides is 1. The van der Waals surface area contributed by atoms with Crippen molar-refractivity contribution >= 4 is 22.6 Å². The van der Waals surface area contributed by atoms with E-state index >= 15 is 0 Å². The summed E-state index contributed by atoms with van der Waals surface area (Å²) in [4.78, 5) is 15.6. The van der Waals surface area contributed by atoms with Gasteiger partial charge in [-0.05, 0) is 12.5 Å². The Bertz CT molecular complexity index is 524. The predicted octanol–water partition coefficient (Wildman–Crippen LogP) is 1.41. The average Bonchev–Trinajstić information content (AvgIpc) is 2.77. The van der Waals surface area contributed by atoms with Gasteiger partial charge in [-0.15, -0.1) is 0 Å². The van der Waals surface area contributed by atoms with Gasteiger partial charge in [0.05, 0.1) is 6.04 Å². The molecule has 0 aliphatic carbocycles. The van der Waals surface area contributed by atoms with Gasteiger partial charge in [0.2, 0.25) is 11.0 Å². The summed E-state index contributed by atoms with van der Waals surface area (Å²) < 4.78 is 4.20. The van der Waals surface area contributed by atoms with Gasteiger partial charge < -0.3 is 5.73 Å². The Labute approximate surface area is 109 Å². The maximum atomic E-state index is 11.4. The Hall–Kier alpha value is -1.79. The molecule has 0 bridgehead atoms. The molecule has 0 saturated heterocycles. The Balaban J connectivity index is 2.00. The van der Waals surface area contributed by atoms with Crippen molar-refractivity contribution in [3.05, 3.63) is 41.7 Å². The molecule has 1 atom stereocenters. The molecule has 0 saturated carbocycles. The monoisotopic (exact) mass is 262 g/mol. The van der Waals surface area contributed by atoms with E-state index in [4.69, 9.17) is 5.73 Å². The topological polar surface area (TPSA) is 80.9 Å². The smallest absolute Gasteiger partial charge is 0.242 e. The number of carbonyl (C=O) groups is 1. The van der Waals surface area contributed by atoms with Crippen LogP contribution in [0.5, 0.6) is 0 Å². The number of anilines is 1. The van der Waals surface area contributed by atoms with Crippen LogP contribution in [-0.2, 0) is 11.2 Å². The van der Waals surface area contributed by atoms with E-state index in [1.54, 1.807) is 6.92 Å². The normalized spacial score (nSPS) is 12.1. The highest BCUT2D eigenvalue weighted by Crippen LogP contribution is 2.14. The minimum Gasteiger partial charge on any atom is -0.320 e. The van der Waals surface area contributed by atoms with Crippen molar-refractivity contribution in [1.29, 1.82) is 0 Å². The number of carbonyl (C=O) groups excluding carboxylic acids is 1. The summed E-state index contributed by atoms with van der Waals surface area (Å²) in [5.41, 5.74) is 6.60. The van der Waals surface area contributed by atoms with E-state index in [9.17, 15) is 4.79 Å². The van der Waals surface area contributed by atoms with Crippen molar-refractivity contribution in [2.24, 2.45) is 5.73 Å². The van der Waals surface area contributed by atoms with Crippen LogP contribution >= 0.6 is 11.5 Å². The van der Waals surface area contributed by atoms with Crippen LogP contribution in [0.15, 0.2) is 30.3 Å². The van der Waals surface area contributed by atoms with Crippen molar-refractivity contribution in [1.82, 2.24) is 9.36 Å². The number of rotatable bonds is 4. The quantitative estimate of drug-likeness (QED) is 0.873. The van der Waals surface area contributed by atoms with Gasteiger partial charge in [-0.2, -0.15) is 4.37 Å². The molecule has 3 N–H and O–H groups in total. The van der Waals surface area contributed by atoms with Crippen LogP contribution in [-0.4, -0.2) is 21.3 Å². The zero-order valence-corrected chi connectivity index (χ0v) is 10.8. The number of nitrogens with one attached hydrogen (secondary N) is 1. The molecule has 1 heterocycles. The third-order valence-corrected chi connectivity index (χ3v) is 2.99. The van der Waals surface area contributed by atoms with E-state index < -0.39 is 6.04 Å². The van der Waals surface area contributed by atoms with Gasteiger partial charge in [-0.25, -0.2) is 4.98 Å². The SMILES string of the molecule is CC(N)C(=O)Nc1nc(Cc2ccccc2)ns1. The van der Waals surface area contributed by atoms with Gasteiger partial charge in [0, 0.05) is 18.0 Å². The highest BCUT2D eigenvalue weighted by Gasteiger charge is 2.11. The van der Waals surface area contributed by atoms with Crippen LogP contribution in [0.1, 0.15) is 18.3 Å². The van der Waals surface area contributed by atoms with Gasteiger partial charge in [0.25, 0.3) is 0 Å². The number of hydrogen-bond donors (Lipinski definition) is 2. The Morgan fingerprint density at radius 1 is 1.44 bits per heavy atom. The molecule has 6 heteroatoms. The second-order valence-corrected chi connectivity index (χ2v) is 4.71. The zero-order chi connectivity index (χ0) is 13.0. The van der Waals surface area contributed by atoms with Crippen LogP contribution in [0.3, 0.4) is 0 Å². The van der Waals surface area contributed by atoms with Crippen molar-refractivity contribution in [2.45, 2.75) is 19.4 Å². The van der Waals surface area contributed by atoms with E-state index in [1.165, 1.54) is 11.5 Å². The third-order valence-electron chi connectivity index (χ3n) is 2.32. The van der Waals surface area contributed by atoms with Gasteiger partial charge in [-0.1, -0.05) is 30.3 Å².